The molecule has 4 heteroatoms. The van der Waals surface area contributed by atoms with Gasteiger partial charge in [0.05, 0.1) is 0 Å². The van der Waals surface area contributed by atoms with Gasteiger partial charge in [-0.3, -0.25) is 10.3 Å². The van der Waals surface area contributed by atoms with Gasteiger partial charge in [0.2, 0.25) is 5.96 Å². The molecule has 0 saturated heterocycles. The Bertz CT molecular complexity index is 593. The largest absolute Gasteiger partial charge is 0.326 e. The molecule has 0 amide bonds. The smallest absolute Gasteiger partial charge is 0.209 e. The van der Waals surface area contributed by atoms with Crippen molar-refractivity contribution in [1.82, 2.24) is 5.32 Å². The van der Waals surface area contributed by atoms with Crippen LogP contribution in [0.25, 0.3) is 0 Å². The average molecular weight is 308 g/mol. The number of nitrogens with one attached hydrogen (secondary N) is 2. The topological polar surface area (TPSA) is 60.2 Å². The van der Waals surface area contributed by atoms with Crippen LogP contribution in [0.4, 0.5) is 5.69 Å². The minimum atomic E-state index is 0.398. The summed E-state index contributed by atoms with van der Waals surface area (Å²) in [7, 11) is 0. The lowest BCUT2D eigenvalue weighted by atomic mass is 9.49. The first-order valence-corrected chi connectivity index (χ1v) is 8.76. The van der Waals surface area contributed by atoms with E-state index in [9.17, 15) is 0 Å². The van der Waals surface area contributed by atoms with E-state index >= 15 is 0 Å². The van der Waals surface area contributed by atoms with Gasteiger partial charge >= 0.3 is 0 Å². The van der Waals surface area contributed by atoms with Crippen molar-refractivity contribution < 1.29 is 0 Å². The van der Waals surface area contributed by atoms with Crippen molar-refractivity contribution in [2.45, 2.75) is 38.5 Å². The molecular formula is C19H24N4. The molecule has 0 heterocycles. The third-order valence-electron chi connectivity index (χ3n) is 5.95. The highest BCUT2D eigenvalue weighted by Gasteiger charge is 2.50. The van der Waals surface area contributed by atoms with Crippen LogP contribution in [0, 0.1) is 34.6 Å². The van der Waals surface area contributed by atoms with Crippen molar-refractivity contribution in [3.63, 3.8) is 0 Å². The first-order valence-electron chi connectivity index (χ1n) is 8.76. The number of hydrogen-bond donors (Lipinski definition) is 2. The van der Waals surface area contributed by atoms with E-state index in [1.54, 1.807) is 0 Å². The van der Waals surface area contributed by atoms with Crippen LogP contribution >= 0.6 is 0 Å². The summed E-state index contributed by atoms with van der Waals surface area (Å²) in [6.45, 7) is 0.848. The molecule has 1 aromatic carbocycles. The molecule has 2 N–H and O–H groups in total. The fourth-order valence-corrected chi connectivity index (χ4v) is 5.55. The van der Waals surface area contributed by atoms with Crippen molar-refractivity contribution in [2.75, 3.05) is 11.9 Å². The molecule has 4 bridgehead atoms. The van der Waals surface area contributed by atoms with Gasteiger partial charge in [-0.1, -0.05) is 18.2 Å². The van der Waals surface area contributed by atoms with Crippen LogP contribution in [0.5, 0.6) is 0 Å². The van der Waals surface area contributed by atoms with Crippen LogP contribution in [0.3, 0.4) is 0 Å². The maximum Gasteiger partial charge on any atom is 0.209 e. The second-order valence-corrected chi connectivity index (χ2v) is 7.81. The number of aliphatic imine (C=N–C) groups is 1. The van der Waals surface area contributed by atoms with E-state index < -0.39 is 0 Å². The fourth-order valence-electron chi connectivity index (χ4n) is 5.55. The highest BCUT2D eigenvalue weighted by atomic mass is 15.2. The van der Waals surface area contributed by atoms with E-state index in [0.29, 0.717) is 11.4 Å². The normalized spacial score (nSPS) is 34.9. The molecule has 0 aliphatic heterocycles. The van der Waals surface area contributed by atoms with Crippen molar-refractivity contribution in [3.8, 4) is 6.19 Å². The number of nitriles is 1. The number of nitrogens with zero attached hydrogens (tertiary/aromatic N) is 2. The molecular weight excluding hydrogens is 284 g/mol. The molecule has 4 aliphatic carbocycles. The van der Waals surface area contributed by atoms with Crippen molar-refractivity contribution in [3.05, 3.63) is 30.3 Å². The fraction of sp³-hybridized carbons (Fsp3) is 0.579. The quantitative estimate of drug-likeness (QED) is 0.387. The predicted octanol–water partition coefficient (Wildman–Crippen LogP) is 3.74. The number of guanidine groups is 1. The van der Waals surface area contributed by atoms with E-state index in [0.717, 1.165) is 30.0 Å². The third-order valence-corrected chi connectivity index (χ3v) is 5.95. The van der Waals surface area contributed by atoms with Gasteiger partial charge in [0.1, 0.15) is 0 Å². The molecule has 1 aromatic rings. The molecule has 4 nitrogen and oxygen atoms in total. The maximum atomic E-state index is 8.99. The molecule has 4 fully saturated rings. The van der Waals surface area contributed by atoms with E-state index in [1.807, 2.05) is 36.5 Å². The van der Waals surface area contributed by atoms with Gasteiger partial charge in [-0.15, -0.1) is 0 Å². The summed E-state index contributed by atoms with van der Waals surface area (Å²) in [6.07, 6.45) is 10.4. The Balaban J connectivity index is 1.48. The molecule has 0 unspecified atom stereocenters. The van der Waals surface area contributed by atoms with Gasteiger partial charge < -0.3 is 5.32 Å². The summed E-state index contributed by atoms with van der Waals surface area (Å²) in [5, 5.41) is 14.9. The van der Waals surface area contributed by atoms with Gasteiger partial charge in [-0.05, 0) is 73.8 Å². The van der Waals surface area contributed by atoms with Crippen LogP contribution in [0.1, 0.15) is 38.5 Å². The summed E-state index contributed by atoms with van der Waals surface area (Å²) in [5.74, 6) is 3.39. The van der Waals surface area contributed by atoms with Crippen LogP contribution in [0.15, 0.2) is 35.3 Å². The molecule has 120 valence electrons. The molecule has 23 heavy (non-hydrogen) atoms. The number of hydrogen-bond acceptors (Lipinski definition) is 2. The summed E-state index contributed by atoms with van der Waals surface area (Å²) >= 11 is 0. The molecule has 0 spiro atoms. The Morgan fingerprint density at radius 2 is 1.70 bits per heavy atom. The van der Waals surface area contributed by atoms with Crippen molar-refractivity contribution in [2.24, 2.45) is 28.2 Å². The van der Waals surface area contributed by atoms with Crippen LogP contribution in [-0.2, 0) is 0 Å². The average Bonchev–Trinajstić information content (AvgIpc) is 2.53. The molecule has 5 rings (SSSR count). The summed E-state index contributed by atoms with van der Waals surface area (Å²) in [4.78, 5) is 4.77. The Morgan fingerprint density at radius 3 is 2.26 bits per heavy atom. The van der Waals surface area contributed by atoms with Crippen molar-refractivity contribution in [1.29, 1.82) is 5.26 Å². The summed E-state index contributed by atoms with van der Waals surface area (Å²) in [5.41, 5.74) is 1.36. The van der Waals surface area contributed by atoms with E-state index in [1.165, 1.54) is 38.5 Å². The minimum absolute atomic E-state index is 0.398. The Labute approximate surface area is 138 Å². The molecule has 0 radical (unpaired) electrons. The number of benzene rings is 1. The number of rotatable bonds is 3. The highest BCUT2D eigenvalue weighted by molar-refractivity contribution is 5.94. The van der Waals surface area contributed by atoms with E-state index in [2.05, 4.69) is 10.6 Å². The third kappa shape index (κ3) is 3.06. The standard InChI is InChI=1S/C19H24N4/c20-13-22-18(23-17-4-2-1-3-5-17)21-12-19-9-14-6-15(10-19)8-16(7-14)11-19/h1-5,14-16H,6-12H2,(H2,21,22,23). The van der Waals surface area contributed by atoms with E-state index in [-0.39, 0.29) is 0 Å². The second kappa shape index (κ2) is 5.88. The van der Waals surface area contributed by atoms with Gasteiger partial charge in [0.25, 0.3) is 0 Å². The second-order valence-electron chi connectivity index (χ2n) is 7.81. The first-order chi connectivity index (χ1) is 11.2. The molecule has 0 aromatic heterocycles. The van der Waals surface area contributed by atoms with Crippen molar-refractivity contribution >= 4 is 11.6 Å². The lowest BCUT2D eigenvalue weighted by Gasteiger charge is -2.56. The van der Waals surface area contributed by atoms with E-state index in [4.69, 9.17) is 10.3 Å². The zero-order chi connectivity index (χ0) is 15.7. The number of para-hydroxylation sites is 1. The lowest BCUT2D eigenvalue weighted by Crippen LogP contribution is -2.47. The molecule has 0 atom stereocenters. The predicted molar refractivity (Wildman–Crippen MR) is 91.7 cm³/mol. The lowest BCUT2D eigenvalue weighted by molar-refractivity contribution is -0.0465. The summed E-state index contributed by atoms with van der Waals surface area (Å²) < 4.78 is 0. The molecule has 4 aliphatic rings. The Hall–Kier alpha value is -2.02. The maximum absolute atomic E-state index is 8.99. The van der Waals surface area contributed by atoms with Gasteiger partial charge in [-0.2, -0.15) is 5.26 Å². The Kier molecular flexibility index (Phi) is 3.72. The van der Waals surface area contributed by atoms with Gasteiger partial charge in [-0.25, -0.2) is 0 Å². The van der Waals surface area contributed by atoms with Gasteiger partial charge in [0, 0.05) is 12.2 Å². The zero-order valence-electron chi connectivity index (χ0n) is 13.5. The van der Waals surface area contributed by atoms with Crippen LogP contribution < -0.4 is 10.6 Å². The van der Waals surface area contributed by atoms with Crippen LogP contribution in [0.2, 0.25) is 0 Å². The SMILES string of the molecule is N#CNC(=NCC12CC3CC(CC(C3)C1)C2)Nc1ccccc1. The first kappa shape index (κ1) is 14.6. The van der Waals surface area contributed by atoms with Gasteiger partial charge in [0.15, 0.2) is 6.19 Å². The summed E-state index contributed by atoms with van der Waals surface area (Å²) in [6, 6.07) is 9.91. The number of anilines is 1. The minimum Gasteiger partial charge on any atom is -0.326 e. The highest BCUT2D eigenvalue weighted by Crippen LogP contribution is 2.60. The van der Waals surface area contributed by atoms with Crippen LogP contribution in [-0.4, -0.2) is 12.5 Å². The monoisotopic (exact) mass is 308 g/mol. The zero-order valence-corrected chi connectivity index (χ0v) is 13.5. The molecule has 4 saturated carbocycles. The Morgan fingerprint density at radius 1 is 1.09 bits per heavy atom.